The second kappa shape index (κ2) is 9.65. The smallest absolute Gasteiger partial charge is 0.222 e. The molecule has 2 rings (SSSR count). The van der Waals surface area contributed by atoms with Gasteiger partial charge in [-0.25, -0.2) is 0 Å². The van der Waals surface area contributed by atoms with Gasteiger partial charge in [0.2, 0.25) is 5.91 Å². The molecule has 0 aliphatic carbocycles. The largest absolute Gasteiger partial charge is 0.356 e. The van der Waals surface area contributed by atoms with E-state index in [0.29, 0.717) is 5.92 Å². The Kier molecular flexibility index (Phi) is 8.60. The van der Waals surface area contributed by atoms with Crippen LogP contribution in [0.2, 0.25) is 0 Å². The Morgan fingerprint density at radius 3 is 2.62 bits per heavy atom. The van der Waals surface area contributed by atoms with Crippen molar-refractivity contribution in [1.82, 2.24) is 15.5 Å². The maximum absolute atomic E-state index is 11.7. The van der Waals surface area contributed by atoms with E-state index in [1.807, 2.05) is 13.8 Å². The molecule has 0 saturated carbocycles. The number of nitrogens with zero attached hydrogens (tertiary/aromatic N) is 1. The van der Waals surface area contributed by atoms with Gasteiger partial charge in [-0.15, -0.1) is 12.4 Å². The second-order valence-corrected chi connectivity index (χ2v) is 6.86. The molecule has 0 spiro atoms. The van der Waals surface area contributed by atoms with Gasteiger partial charge >= 0.3 is 0 Å². The molecule has 4 nitrogen and oxygen atoms in total. The van der Waals surface area contributed by atoms with Crippen molar-refractivity contribution >= 4 is 18.3 Å². The van der Waals surface area contributed by atoms with Gasteiger partial charge in [0.05, 0.1) is 0 Å². The summed E-state index contributed by atoms with van der Waals surface area (Å²) in [4.78, 5) is 14.3. The molecule has 0 bridgehead atoms. The van der Waals surface area contributed by atoms with Crippen molar-refractivity contribution in [3.05, 3.63) is 0 Å². The minimum absolute atomic E-state index is 0. The Morgan fingerprint density at radius 2 is 1.95 bits per heavy atom. The number of likely N-dealkylation sites (tertiary alicyclic amines) is 1. The summed E-state index contributed by atoms with van der Waals surface area (Å²) in [6, 6.07) is 0. The minimum atomic E-state index is 0. The van der Waals surface area contributed by atoms with E-state index >= 15 is 0 Å². The lowest BCUT2D eigenvalue weighted by molar-refractivity contribution is -0.124. The maximum Gasteiger partial charge on any atom is 0.222 e. The molecule has 1 amide bonds. The number of amides is 1. The lowest BCUT2D eigenvalue weighted by Crippen LogP contribution is -2.44. The third-order valence-electron chi connectivity index (χ3n) is 4.67. The van der Waals surface area contributed by atoms with E-state index in [1.54, 1.807) is 0 Å². The normalized spacial score (nSPS) is 24.6. The number of carbonyl (C=O) groups is 1. The van der Waals surface area contributed by atoms with E-state index in [1.165, 1.54) is 58.4 Å². The van der Waals surface area contributed by atoms with Crippen molar-refractivity contribution in [1.29, 1.82) is 0 Å². The summed E-state index contributed by atoms with van der Waals surface area (Å²) >= 11 is 0. The maximum atomic E-state index is 11.7. The van der Waals surface area contributed by atoms with Gasteiger partial charge in [0.1, 0.15) is 0 Å². The van der Waals surface area contributed by atoms with E-state index in [4.69, 9.17) is 0 Å². The van der Waals surface area contributed by atoms with Gasteiger partial charge in [-0.2, -0.15) is 0 Å². The first-order chi connectivity index (χ1) is 9.65. The molecule has 1 atom stereocenters. The van der Waals surface area contributed by atoms with Crippen LogP contribution < -0.4 is 10.6 Å². The lowest BCUT2D eigenvalue weighted by Gasteiger charge is -2.36. The van der Waals surface area contributed by atoms with Crippen LogP contribution in [0.5, 0.6) is 0 Å². The van der Waals surface area contributed by atoms with Crippen molar-refractivity contribution in [3.8, 4) is 0 Å². The number of hydrogen-bond donors (Lipinski definition) is 2. The van der Waals surface area contributed by atoms with Crippen LogP contribution in [0.15, 0.2) is 0 Å². The van der Waals surface area contributed by atoms with Crippen molar-refractivity contribution in [3.63, 3.8) is 0 Å². The van der Waals surface area contributed by atoms with E-state index < -0.39 is 0 Å². The zero-order chi connectivity index (χ0) is 14.4. The third-order valence-corrected chi connectivity index (χ3v) is 4.67. The van der Waals surface area contributed by atoms with Gasteiger partial charge in [-0.3, -0.25) is 4.79 Å². The Morgan fingerprint density at radius 1 is 1.24 bits per heavy atom. The Hall–Kier alpha value is -0.320. The van der Waals surface area contributed by atoms with Gasteiger partial charge in [-0.05, 0) is 57.2 Å². The fraction of sp³-hybridized carbons (Fsp3) is 0.938. The fourth-order valence-electron chi connectivity index (χ4n) is 3.36. The zero-order valence-corrected chi connectivity index (χ0v) is 14.4. The van der Waals surface area contributed by atoms with Gasteiger partial charge < -0.3 is 15.5 Å². The topological polar surface area (TPSA) is 44.4 Å². The summed E-state index contributed by atoms with van der Waals surface area (Å²) in [5.41, 5.74) is 0. The molecular weight excluding hydrogens is 286 g/mol. The summed E-state index contributed by atoms with van der Waals surface area (Å²) in [5.74, 6) is 1.82. The molecule has 0 aromatic rings. The standard InChI is InChI=1S/C16H31N3O.ClH/c1-13(2)16(20)18-10-15-4-3-9-19(12-15)11-14-5-7-17-8-6-14;/h13-15,17H,3-12H2,1-2H3,(H,18,20);1H. The van der Waals surface area contributed by atoms with E-state index in [0.717, 1.165) is 12.5 Å². The molecule has 5 heteroatoms. The Bertz CT molecular complexity index is 306. The summed E-state index contributed by atoms with van der Waals surface area (Å²) in [5, 5.41) is 6.54. The highest BCUT2D eigenvalue weighted by Gasteiger charge is 2.23. The first kappa shape index (κ1) is 18.7. The number of carbonyl (C=O) groups excluding carboxylic acids is 1. The summed E-state index contributed by atoms with van der Waals surface area (Å²) in [6.45, 7) is 10.8. The average molecular weight is 318 g/mol. The number of nitrogens with one attached hydrogen (secondary N) is 2. The Balaban J connectivity index is 0.00000220. The van der Waals surface area contributed by atoms with Crippen molar-refractivity contribution in [2.45, 2.75) is 39.5 Å². The highest BCUT2D eigenvalue weighted by molar-refractivity contribution is 5.85. The molecule has 0 radical (unpaired) electrons. The molecule has 1 unspecified atom stereocenters. The molecule has 2 aliphatic rings. The number of piperidine rings is 2. The van der Waals surface area contributed by atoms with E-state index in [9.17, 15) is 4.79 Å². The van der Waals surface area contributed by atoms with Crippen LogP contribution >= 0.6 is 12.4 Å². The van der Waals surface area contributed by atoms with Gasteiger partial charge in [0, 0.05) is 25.6 Å². The minimum Gasteiger partial charge on any atom is -0.356 e. The quantitative estimate of drug-likeness (QED) is 0.814. The second-order valence-electron chi connectivity index (χ2n) is 6.86. The van der Waals surface area contributed by atoms with Crippen LogP contribution in [0.3, 0.4) is 0 Å². The predicted molar refractivity (Wildman–Crippen MR) is 89.9 cm³/mol. The van der Waals surface area contributed by atoms with Crippen molar-refractivity contribution in [2.75, 3.05) is 39.3 Å². The fourth-order valence-corrected chi connectivity index (χ4v) is 3.36. The molecule has 2 saturated heterocycles. The van der Waals surface area contributed by atoms with Crippen LogP contribution in [-0.4, -0.2) is 50.1 Å². The van der Waals surface area contributed by atoms with Gasteiger partial charge in [0.25, 0.3) is 0 Å². The van der Waals surface area contributed by atoms with Crippen molar-refractivity contribution in [2.24, 2.45) is 17.8 Å². The van der Waals surface area contributed by atoms with Crippen LogP contribution in [0.25, 0.3) is 0 Å². The lowest BCUT2D eigenvalue weighted by atomic mass is 9.93. The first-order valence-electron chi connectivity index (χ1n) is 8.36. The molecule has 2 aliphatic heterocycles. The molecule has 0 aromatic carbocycles. The van der Waals surface area contributed by atoms with Crippen LogP contribution in [0, 0.1) is 17.8 Å². The Labute approximate surface area is 135 Å². The molecule has 124 valence electrons. The highest BCUT2D eigenvalue weighted by atomic mass is 35.5. The number of rotatable bonds is 5. The molecule has 21 heavy (non-hydrogen) atoms. The number of hydrogen-bond acceptors (Lipinski definition) is 3. The van der Waals surface area contributed by atoms with Gasteiger partial charge in [0.15, 0.2) is 0 Å². The number of halogens is 1. The molecular formula is C16H32ClN3O. The summed E-state index contributed by atoms with van der Waals surface area (Å²) in [7, 11) is 0. The van der Waals surface area contributed by atoms with Crippen molar-refractivity contribution < 1.29 is 4.79 Å². The summed E-state index contributed by atoms with van der Waals surface area (Å²) in [6.07, 6.45) is 5.20. The van der Waals surface area contributed by atoms with Gasteiger partial charge in [-0.1, -0.05) is 13.8 Å². The van der Waals surface area contributed by atoms with E-state index in [-0.39, 0.29) is 24.2 Å². The third kappa shape index (κ3) is 6.54. The molecule has 2 N–H and O–H groups in total. The van der Waals surface area contributed by atoms with Crippen LogP contribution in [-0.2, 0) is 4.79 Å². The van der Waals surface area contributed by atoms with Crippen LogP contribution in [0.1, 0.15) is 39.5 Å². The SMILES string of the molecule is CC(C)C(=O)NCC1CCCN(CC2CCNCC2)C1.Cl. The zero-order valence-electron chi connectivity index (χ0n) is 13.6. The highest BCUT2D eigenvalue weighted by Crippen LogP contribution is 2.20. The predicted octanol–water partition coefficient (Wildman–Crippen LogP) is 1.89. The van der Waals surface area contributed by atoms with Crippen LogP contribution in [0.4, 0.5) is 0 Å². The molecule has 2 fully saturated rings. The first-order valence-corrected chi connectivity index (χ1v) is 8.36. The molecule has 0 aromatic heterocycles. The monoisotopic (exact) mass is 317 g/mol. The molecule has 2 heterocycles. The summed E-state index contributed by atoms with van der Waals surface area (Å²) < 4.78 is 0. The average Bonchev–Trinajstić information content (AvgIpc) is 2.46. The van der Waals surface area contributed by atoms with E-state index in [2.05, 4.69) is 15.5 Å².